The molecule has 3 aromatic rings. The highest BCUT2D eigenvalue weighted by Gasteiger charge is 2.40. The van der Waals surface area contributed by atoms with Crippen molar-refractivity contribution in [2.24, 2.45) is 20.0 Å². The van der Waals surface area contributed by atoms with Gasteiger partial charge in [-0.3, -0.25) is 13.9 Å². The third-order valence-electron chi connectivity index (χ3n) is 6.95. The molecule has 8 heteroatoms. The topological polar surface area (TPSA) is 83.1 Å². The first-order chi connectivity index (χ1) is 14.5. The molecule has 8 nitrogen and oxygen atoms in total. The van der Waals surface area contributed by atoms with Gasteiger partial charge in [0.15, 0.2) is 5.52 Å². The van der Waals surface area contributed by atoms with Gasteiger partial charge in [0.1, 0.15) is 11.4 Å². The second-order valence-electron chi connectivity index (χ2n) is 8.48. The second kappa shape index (κ2) is 7.12. The molecule has 0 radical (unpaired) electrons. The van der Waals surface area contributed by atoms with Crippen molar-refractivity contribution < 1.29 is 4.74 Å². The molecule has 1 saturated heterocycles. The predicted molar refractivity (Wildman–Crippen MR) is 114 cm³/mol. The number of benzene rings is 1. The zero-order chi connectivity index (χ0) is 21.0. The molecule has 3 atom stereocenters. The van der Waals surface area contributed by atoms with Crippen LogP contribution in [-0.2, 0) is 27.1 Å². The molecule has 1 fully saturated rings. The zero-order valence-corrected chi connectivity index (χ0v) is 17.6. The summed E-state index contributed by atoms with van der Waals surface area (Å²) in [5.74, 6) is 1.91. The van der Waals surface area contributed by atoms with Gasteiger partial charge in [-0.25, -0.2) is 9.78 Å². The summed E-state index contributed by atoms with van der Waals surface area (Å²) in [4.78, 5) is 30.0. The minimum absolute atomic E-state index is 0.220. The normalized spacial score (nSPS) is 22.8. The Kier molecular flexibility index (Phi) is 4.54. The molecule has 158 valence electrons. The van der Waals surface area contributed by atoms with Crippen LogP contribution >= 0.6 is 0 Å². The third kappa shape index (κ3) is 2.74. The van der Waals surface area contributed by atoms with Gasteiger partial charge in [-0.05, 0) is 48.9 Å². The van der Waals surface area contributed by atoms with Crippen molar-refractivity contribution in [3.05, 3.63) is 56.5 Å². The summed E-state index contributed by atoms with van der Waals surface area (Å²) in [5.41, 5.74) is 2.93. The molecule has 1 unspecified atom stereocenters. The molecule has 0 spiro atoms. The molecule has 2 aromatic heterocycles. The number of imidazole rings is 1. The lowest BCUT2D eigenvalue weighted by molar-refractivity contribution is 0.370. The fourth-order valence-corrected chi connectivity index (χ4v) is 5.52. The van der Waals surface area contributed by atoms with Gasteiger partial charge in [-0.15, -0.1) is 0 Å². The Bertz CT molecular complexity index is 1240. The average molecular weight is 409 g/mol. The molecule has 0 amide bonds. The molecule has 1 N–H and O–H groups in total. The number of nitrogens with one attached hydrogen (secondary N) is 1. The van der Waals surface area contributed by atoms with E-state index in [1.807, 2.05) is 6.07 Å². The van der Waals surface area contributed by atoms with Crippen molar-refractivity contribution in [2.45, 2.75) is 37.8 Å². The van der Waals surface area contributed by atoms with Crippen molar-refractivity contribution in [3.8, 4) is 5.75 Å². The summed E-state index contributed by atoms with van der Waals surface area (Å²) in [6.45, 7) is 1.34. The van der Waals surface area contributed by atoms with E-state index in [9.17, 15) is 9.59 Å². The Morgan fingerprint density at radius 3 is 2.90 bits per heavy atom. The Hall–Kier alpha value is -2.87. The molecule has 1 aromatic carbocycles. The number of ether oxygens (including phenoxy) is 1. The van der Waals surface area contributed by atoms with Crippen LogP contribution < -0.4 is 21.3 Å². The van der Waals surface area contributed by atoms with Crippen LogP contribution in [0.3, 0.4) is 0 Å². The first-order valence-corrected chi connectivity index (χ1v) is 10.5. The van der Waals surface area contributed by atoms with Crippen LogP contribution in [0.15, 0.2) is 34.1 Å². The number of rotatable bonds is 4. The van der Waals surface area contributed by atoms with Crippen molar-refractivity contribution in [1.82, 2.24) is 24.0 Å². The van der Waals surface area contributed by atoms with E-state index in [-0.39, 0.29) is 17.3 Å². The number of fused-ring (bicyclic) bond motifs is 4. The highest BCUT2D eigenvalue weighted by Crippen LogP contribution is 2.45. The number of methoxy groups -OCH3 is 1. The number of nitrogens with zero attached hydrogens (tertiary/aromatic N) is 4. The van der Waals surface area contributed by atoms with E-state index < -0.39 is 0 Å². The first-order valence-electron chi connectivity index (χ1n) is 10.5. The highest BCUT2D eigenvalue weighted by atomic mass is 16.5. The molecule has 2 aliphatic rings. The van der Waals surface area contributed by atoms with Crippen molar-refractivity contribution in [2.75, 3.05) is 13.7 Å². The fraction of sp³-hybridized carbons (Fsp3) is 0.500. The van der Waals surface area contributed by atoms with Crippen LogP contribution in [0.25, 0.3) is 11.2 Å². The van der Waals surface area contributed by atoms with E-state index in [1.165, 1.54) is 20.3 Å². The SMILES string of the molecule is COc1cccc2c1CC[C@H]1CNC(CCn3c(=O)c4ncn(C)c4n(C)c3=O)[C@@H]21. The Morgan fingerprint density at radius 2 is 2.10 bits per heavy atom. The van der Waals surface area contributed by atoms with Crippen LogP contribution in [0, 0.1) is 5.92 Å². The monoisotopic (exact) mass is 409 g/mol. The lowest BCUT2D eigenvalue weighted by Gasteiger charge is -2.32. The van der Waals surface area contributed by atoms with Gasteiger partial charge in [-0.2, -0.15) is 0 Å². The van der Waals surface area contributed by atoms with Crippen LogP contribution in [0.1, 0.15) is 29.9 Å². The van der Waals surface area contributed by atoms with E-state index in [0.29, 0.717) is 36.0 Å². The van der Waals surface area contributed by atoms with Crippen molar-refractivity contribution in [1.29, 1.82) is 0 Å². The van der Waals surface area contributed by atoms with E-state index in [4.69, 9.17) is 4.74 Å². The molecule has 30 heavy (non-hydrogen) atoms. The van der Waals surface area contributed by atoms with Gasteiger partial charge in [-0.1, -0.05) is 12.1 Å². The van der Waals surface area contributed by atoms with Crippen LogP contribution in [0.5, 0.6) is 5.75 Å². The Morgan fingerprint density at radius 1 is 1.27 bits per heavy atom. The van der Waals surface area contributed by atoms with E-state index in [1.54, 1.807) is 32.1 Å². The molecular formula is C22H27N5O3. The van der Waals surface area contributed by atoms with Gasteiger partial charge in [0, 0.05) is 32.6 Å². The zero-order valence-electron chi connectivity index (χ0n) is 17.6. The molecule has 1 aliphatic carbocycles. The van der Waals surface area contributed by atoms with E-state index >= 15 is 0 Å². The molecule has 3 heterocycles. The minimum Gasteiger partial charge on any atom is -0.496 e. The minimum atomic E-state index is -0.311. The summed E-state index contributed by atoms with van der Waals surface area (Å²) >= 11 is 0. The molecule has 5 rings (SSSR count). The molecule has 1 aliphatic heterocycles. The van der Waals surface area contributed by atoms with E-state index in [2.05, 4.69) is 22.4 Å². The number of hydrogen-bond donors (Lipinski definition) is 1. The van der Waals surface area contributed by atoms with Crippen molar-refractivity contribution in [3.63, 3.8) is 0 Å². The summed E-state index contributed by atoms with van der Waals surface area (Å²) in [6, 6.07) is 6.52. The van der Waals surface area contributed by atoms with E-state index in [0.717, 1.165) is 25.1 Å². The molecule has 0 bridgehead atoms. The summed E-state index contributed by atoms with van der Waals surface area (Å²) < 4.78 is 10.1. The lowest BCUT2D eigenvalue weighted by atomic mass is 9.73. The van der Waals surface area contributed by atoms with Crippen molar-refractivity contribution >= 4 is 11.2 Å². The van der Waals surface area contributed by atoms with Gasteiger partial charge in [0.2, 0.25) is 0 Å². The maximum Gasteiger partial charge on any atom is 0.332 e. The second-order valence-corrected chi connectivity index (χ2v) is 8.48. The predicted octanol–water partition coefficient (Wildman–Crippen LogP) is 1.15. The Labute approximate surface area is 174 Å². The van der Waals surface area contributed by atoms with Crippen LogP contribution in [0.4, 0.5) is 0 Å². The van der Waals surface area contributed by atoms with Gasteiger partial charge in [0.25, 0.3) is 5.56 Å². The van der Waals surface area contributed by atoms with Gasteiger partial charge >= 0.3 is 5.69 Å². The quantitative estimate of drug-likeness (QED) is 0.699. The lowest BCUT2D eigenvalue weighted by Crippen LogP contribution is -2.41. The molecular weight excluding hydrogens is 382 g/mol. The maximum atomic E-state index is 12.9. The van der Waals surface area contributed by atoms with Crippen LogP contribution in [0.2, 0.25) is 0 Å². The highest BCUT2D eigenvalue weighted by molar-refractivity contribution is 5.69. The first kappa shape index (κ1) is 19.1. The number of hydrogen-bond acceptors (Lipinski definition) is 5. The fourth-order valence-electron chi connectivity index (χ4n) is 5.52. The largest absolute Gasteiger partial charge is 0.496 e. The standard InChI is InChI=1S/C22H27N5O3/c1-25-12-24-19-20(25)26(2)22(29)27(21(19)28)10-9-16-18-13(11-23-16)7-8-14-15(18)5-4-6-17(14)30-3/h4-6,12-13,16,18,23H,7-11H2,1-3H3/t13-,16?,18+/m0/s1. The van der Waals surface area contributed by atoms with Gasteiger partial charge < -0.3 is 14.6 Å². The molecule has 0 saturated carbocycles. The number of aromatic nitrogens is 4. The maximum absolute atomic E-state index is 12.9. The summed E-state index contributed by atoms with van der Waals surface area (Å²) in [6.07, 6.45) is 4.45. The smallest absolute Gasteiger partial charge is 0.332 e. The Balaban J connectivity index is 1.47. The number of aryl methyl sites for hydroxylation is 2. The third-order valence-corrected chi connectivity index (χ3v) is 6.95. The summed E-state index contributed by atoms with van der Waals surface area (Å²) in [5, 5.41) is 3.66. The summed E-state index contributed by atoms with van der Waals surface area (Å²) in [7, 11) is 5.20. The average Bonchev–Trinajstić information content (AvgIpc) is 3.35. The van der Waals surface area contributed by atoms with Crippen LogP contribution in [-0.4, -0.2) is 38.4 Å². The van der Waals surface area contributed by atoms with Gasteiger partial charge in [0.05, 0.1) is 13.4 Å².